The summed E-state index contributed by atoms with van der Waals surface area (Å²) in [6.45, 7) is 2.38. The quantitative estimate of drug-likeness (QED) is 0.606. The van der Waals surface area contributed by atoms with Crippen LogP contribution in [0.2, 0.25) is 0 Å². The first-order valence-electron chi connectivity index (χ1n) is 4.01. The Balaban J connectivity index is 0.000001000. The van der Waals surface area contributed by atoms with Gasteiger partial charge in [-0.2, -0.15) is 0 Å². The average Bonchev–Trinajstić information content (AvgIpc) is 2.38. The van der Waals surface area contributed by atoms with E-state index in [0.29, 0.717) is 6.61 Å². The molecule has 1 fully saturated rings. The molecule has 1 aliphatic carbocycles. The first kappa shape index (κ1) is 10.8. The molecule has 0 aromatic carbocycles. The van der Waals surface area contributed by atoms with Gasteiger partial charge in [0.1, 0.15) is 0 Å². The standard InChI is InChI=1S/C8H14O2.ClH/c1-2-10-8(9)7-5-3-4-6-7;/h7H,2-6H2,1H3;1H. The first-order chi connectivity index (χ1) is 4.84. The van der Waals surface area contributed by atoms with Crippen molar-refractivity contribution in [2.45, 2.75) is 32.6 Å². The van der Waals surface area contributed by atoms with Crippen molar-refractivity contribution < 1.29 is 9.53 Å². The molecule has 1 aliphatic rings. The van der Waals surface area contributed by atoms with Crippen molar-refractivity contribution in [2.75, 3.05) is 6.61 Å². The van der Waals surface area contributed by atoms with Crippen LogP contribution in [-0.4, -0.2) is 12.6 Å². The van der Waals surface area contributed by atoms with Gasteiger partial charge in [-0.25, -0.2) is 0 Å². The van der Waals surface area contributed by atoms with E-state index in [2.05, 4.69) is 0 Å². The van der Waals surface area contributed by atoms with Crippen LogP contribution in [0.25, 0.3) is 0 Å². The lowest BCUT2D eigenvalue weighted by atomic mass is 10.1. The van der Waals surface area contributed by atoms with Gasteiger partial charge in [-0.05, 0) is 19.8 Å². The average molecular weight is 179 g/mol. The molecule has 2 nitrogen and oxygen atoms in total. The Kier molecular flexibility index (Phi) is 5.30. The second-order valence-corrected chi connectivity index (χ2v) is 2.73. The number of hydrogen-bond donors (Lipinski definition) is 0. The minimum absolute atomic E-state index is 0. The second kappa shape index (κ2) is 5.42. The van der Waals surface area contributed by atoms with Gasteiger partial charge in [0.05, 0.1) is 12.5 Å². The van der Waals surface area contributed by atoms with E-state index < -0.39 is 0 Å². The molecular weight excluding hydrogens is 164 g/mol. The summed E-state index contributed by atoms with van der Waals surface area (Å²) in [5.41, 5.74) is 0. The zero-order valence-electron chi connectivity index (χ0n) is 6.84. The molecule has 0 spiro atoms. The first-order valence-corrected chi connectivity index (χ1v) is 4.01. The Bertz CT molecular complexity index is 119. The van der Waals surface area contributed by atoms with Crippen LogP contribution in [0, 0.1) is 5.92 Å². The Morgan fingerprint density at radius 2 is 2.00 bits per heavy atom. The SMILES string of the molecule is CCOC(=O)C1CCCC1.Cl. The fraction of sp³-hybridized carbons (Fsp3) is 0.875. The van der Waals surface area contributed by atoms with Crippen LogP contribution < -0.4 is 0 Å². The maximum absolute atomic E-state index is 11.0. The van der Waals surface area contributed by atoms with Gasteiger partial charge in [0.2, 0.25) is 0 Å². The number of halogens is 1. The minimum Gasteiger partial charge on any atom is -0.466 e. The van der Waals surface area contributed by atoms with E-state index in [-0.39, 0.29) is 24.3 Å². The van der Waals surface area contributed by atoms with Gasteiger partial charge in [-0.3, -0.25) is 4.79 Å². The molecule has 0 aromatic rings. The third-order valence-electron chi connectivity index (χ3n) is 1.98. The van der Waals surface area contributed by atoms with Crippen molar-refractivity contribution in [1.29, 1.82) is 0 Å². The third-order valence-corrected chi connectivity index (χ3v) is 1.98. The molecule has 3 heteroatoms. The molecule has 0 aromatic heterocycles. The Labute approximate surface area is 73.7 Å². The fourth-order valence-corrected chi connectivity index (χ4v) is 1.42. The van der Waals surface area contributed by atoms with Crippen LogP contribution in [0.3, 0.4) is 0 Å². The molecule has 0 N–H and O–H groups in total. The Morgan fingerprint density at radius 1 is 1.45 bits per heavy atom. The molecule has 66 valence electrons. The van der Waals surface area contributed by atoms with E-state index in [1.165, 1.54) is 12.8 Å². The van der Waals surface area contributed by atoms with Gasteiger partial charge in [0, 0.05) is 0 Å². The smallest absolute Gasteiger partial charge is 0.308 e. The summed E-state index contributed by atoms with van der Waals surface area (Å²) in [5.74, 6) is 0.236. The molecule has 0 heterocycles. The second-order valence-electron chi connectivity index (χ2n) is 2.73. The maximum atomic E-state index is 11.0. The molecule has 0 bridgehead atoms. The van der Waals surface area contributed by atoms with E-state index >= 15 is 0 Å². The van der Waals surface area contributed by atoms with Gasteiger partial charge < -0.3 is 4.74 Å². The fourth-order valence-electron chi connectivity index (χ4n) is 1.42. The lowest BCUT2D eigenvalue weighted by molar-refractivity contribution is -0.147. The van der Waals surface area contributed by atoms with Crippen molar-refractivity contribution in [2.24, 2.45) is 5.92 Å². The highest BCUT2D eigenvalue weighted by Gasteiger charge is 2.23. The largest absolute Gasteiger partial charge is 0.466 e. The van der Waals surface area contributed by atoms with Gasteiger partial charge in [-0.1, -0.05) is 12.8 Å². The number of esters is 1. The molecule has 0 aliphatic heterocycles. The molecule has 1 saturated carbocycles. The van der Waals surface area contributed by atoms with Crippen LogP contribution in [0.1, 0.15) is 32.6 Å². The maximum Gasteiger partial charge on any atom is 0.308 e. The predicted octanol–water partition coefficient (Wildman–Crippen LogP) is 2.16. The third kappa shape index (κ3) is 3.10. The zero-order valence-corrected chi connectivity index (χ0v) is 7.65. The van der Waals surface area contributed by atoms with E-state index in [0.717, 1.165) is 12.8 Å². The lowest BCUT2D eigenvalue weighted by Crippen LogP contribution is -2.13. The molecular formula is C8H15ClO2. The van der Waals surface area contributed by atoms with Crippen LogP contribution in [0.5, 0.6) is 0 Å². The van der Waals surface area contributed by atoms with Crippen molar-refractivity contribution in [3.8, 4) is 0 Å². The van der Waals surface area contributed by atoms with Crippen molar-refractivity contribution in [3.63, 3.8) is 0 Å². The normalized spacial score (nSPS) is 17.5. The summed E-state index contributed by atoms with van der Waals surface area (Å²) in [7, 11) is 0. The van der Waals surface area contributed by atoms with Crippen LogP contribution in [-0.2, 0) is 9.53 Å². The topological polar surface area (TPSA) is 26.3 Å². The molecule has 0 unspecified atom stereocenters. The lowest BCUT2D eigenvalue weighted by Gasteiger charge is -2.06. The van der Waals surface area contributed by atoms with Gasteiger partial charge in [-0.15, -0.1) is 12.4 Å². The summed E-state index contributed by atoms with van der Waals surface area (Å²) >= 11 is 0. The highest BCUT2D eigenvalue weighted by Crippen LogP contribution is 2.25. The summed E-state index contributed by atoms with van der Waals surface area (Å²) in [4.78, 5) is 11.0. The van der Waals surface area contributed by atoms with Crippen molar-refractivity contribution >= 4 is 18.4 Å². The summed E-state index contributed by atoms with van der Waals surface area (Å²) < 4.78 is 4.89. The van der Waals surface area contributed by atoms with Gasteiger partial charge in [0.15, 0.2) is 0 Å². The van der Waals surface area contributed by atoms with Crippen LogP contribution in [0.15, 0.2) is 0 Å². The van der Waals surface area contributed by atoms with E-state index in [1.807, 2.05) is 6.92 Å². The van der Waals surface area contributed by atoms with E-state index in [9.17, 15) is 4.79 Å². The van der Waals surface area contributed by atoms with Crippen molar-refractivity contribution in [3.05, 3.63) is 0 Å². The predicted molar refractivity (Wildman–Crippen MR) is 45.8 cm³/mol. The number of hydrogen-bond acceptors (Lipinski definition) is 2. The highest BCUT2D eigenvalue weighted by molar-refractivity contribution is 5.85. The monoisotopic (exact) mass is 178 g/mol. The molecule has 1 rings (SSSR count). The molecule has 0 amide bonds. The van der Waals surface area contributed by atoms with Crippen molar-refractivity contribution in [1.82, 2.24) is 0 Å². The number of carbonyl (C=O) groups is 1. The Hall–Kier alpha value is -0.240. The number of carbonyl (C=O) groups excluding carboxylic acids is 1. The molecule has 0 radical (unpaired) electrons. The van der Waals surface area contributed by atoms with Crippen LogP contribution in [0.4, 0.5) is 0 Å². The summed E-state index contributed by atoms with van der Waals surface area (Å²) in [6.07, 6.45) is 4.48. The number of ether oxygens (including phenoxy) is 1. The zero-order chi connectivity index (χ0) is 7.40. The van der Waals surface area contributed by atoms with E-state index in [4.69, 9.17) is 4.74 Å². The summed E-state index contributed by atoms with van der Waals surface area (Å²) in [6, 6.07) is 0. The van der Waals surface area contributed by atoms with Crippen LogP contribution >= 0.6 is 12.4 Å². The molecule has 11 heavy (non-hydrogen) atoms. The minimum atomic E-state index is 0. The van der Waals surface area contributed by atoms with Gasteiger partial charge >= 0.3 is 5.97 Å². The van der Waals surface area contributed by atoms with Gasteiger partial charge in [0.25, 0.3) is 0 Å². The summed E-state index contributed by atoms with van der Waals surface area (Å²) in [5, 5.41) is 0. The number of rotatable bonds is 2. The van der Waals surface area contributed by atoms with E-state index in [1.54, 1.807) is 0 Å². The molecule has 0 atom stereocenters. The molecule has 0 saturated heterocycles. The highest BCUT2D eigenvalue weighted by atomic mass is 35.5. The Morgan fingerprint density at radius 3 is 2.45 bits per heavy atom.